The zero-order valence-corrected chi connectivity index (χ0v) is 15.4. The Hall–Kier alpha value is -2.40. The Morgan fingerprint density at radius 2 is 2.12 bits per heavy atom. The van der Waals surface area contributed by atoms with E-state index in [0.29, 0.717) is 21.3 Å². The second-order valence-corrected chi connectivity index (χ2v) is 7.12. The number of nitrogens with zero attached hydrogens (tertiary/aromatic N) is 3. The Morgan fingerprint density at radius 1 is 1.42 bits per heavy atom. The fourth-order valence-electron chi connectivity index (χ4n) is 2.41. The Morgan fingerprint density at radius 3 is 2.69 bits per heavy atom. The summed E-state index contributed by atoms with van der Waals surface area (Å²) in [4.78, 5) is 17.8. The smallest absolute Gasteiger partial charge is 0.298 e. The molecule has 0 spiro atoms. The van der Waals surface area contributed by atoms with Crippen LogP contribution >= 0.6 is 11.3 Å². The van der Waals surface area contributed by atoms with E-state index >= 15 is 0 Å². The minimum absolute atomic E-state index is 0.218. The third-order valence-corrected chi connectivity index (χ3v) is 5.08. The van der Waals surface area contributed by atoms with Gasteiger partial charge in [-0.05, 0) is 24.6 Å². The van der Waals surface area contributed by atoms with Crippen molar-refractivity contribution >= 4 is 22.2 Å². The van der Waals surface area contributed by atoms with Gasteiger partial charge in [-0.1, -0.05) is 19.1 Å². The molecule has 4 nitrogen and oxygen atoms in total. The maximum Gasteiger partial charge on any atom is 0.391 e. The average molecular weight is 381 g/mol. The molecule has 2 rings (SSSR count). The number of thiazole rings is 1. The molecule has 1 atom stereocenters. The molecule has 1 unspecified atom stereocenters. The summed E-state index contributed by atoms with van der Waals surface area (Å²) in [6, 6.07) is 8.90. The van der Waals surface area contributed by atoms with Gasteiger partial charge in [-0.15, -0.1) is 11.3 Å². The first-order valence-electron chi connectivity index (χ1n) is 7.92. The number of carbonyl (C=O) groups is 1. The van der Waals surface area contributed by atoms with E-state index in [1.807, 2.05) is 6.07 Å². The lowest BCUT2D eigenvalue weighted by atomic mass is 10.1. The van der Waals surface area contributed by atoms with Crippen molar-refractivity contribution in [2.24, 2.45) is 5.92 Å². The molecule has 2 aromatic rings. The predicted octanol–water partition coefficient (Wildman–Crippen LogP) is 4.62. The van der Waals surface area contributed by atoms with Crippen molar-refractivity contribution in [2.75, 3.05) is 4.90 Å². The normalized spacial score (nSPS) is 12.5. The van der Waals surface area contributed by atoms with Crippen LogP contribution in [0.2, 0.25) is 0 Å². The van der Waals surface area contributed by atoms with Crippen LogP contribution in [0, 0.1) is 24.2 Å². The summed E-state index contributed by atoms with van der Waals surface area (Å²) < 4.78 is 38.3. The first-order chi connectivity index (χ1) is 12.1. The summed E-state index contributed by atoms with van der Waals surface area (Å²) in [6.45, 7) is 4.41. The van der Waals surface area contributed by atoms with Crippen LogP contribution in [0.3, 0.4) is 0 Å². The third-order valence-electron chi connectivity index (χ3n) is 3.88. The van der Waals surface area contributed by atoms with Crippen LogP contribution in [0.4, 0.5) is 18.2 Å². The molecule has 0 aliphatic carbocycles. The van der Waals surface area contributed by atoms with Gasteiger partial charge in [-0.25, -0.2) is 4.98 Å². The third kappa shape index (κ3) is 4.82. The van der Waals surface area contributed by atoms with Crippen LogP contribution in [-0.2, 0) is 17.8 Å². The molecule has 26 heavy (non-hydrogen) atoms. The maximum absolute atomic E-state index is 12.8. The Balaban J connectivity index is 2.27. The average Bonchev–Trinajstić information content (AvgIpc) is 2.91. The molecule has 1 aromatic carbocycles. The van der Waals surface area contributed by atoms with Crippen molar-refractivity contribution in [3.63, 3.8) is 0 Å². The van der Waals surface area contributed by atoms with Crippen LogP contribution in [0.5, 0.6) is 0 Å². The van der Waals surface area contributed by atoms with Gasteiger partial charge in [0.05, 0.1) is 34.8 Å². The quantitative estimate of drug-likeness (QED) is 0.760. The summed E-state index contributed by atoms with van der Waals surface area (Å²) in [5.41, 5.74) is 1.76. The van der Waals surface area contributed by atoms with Gasteiger partial charge in [-0.3, -0.25) is 9.69 Å². The number of alkyl halides is 3. The zero-order chi connectivity index (χ0) is 19.5. The lowest BCUT2D eigenvalue weighted by Crippen LogP contribution is -2.27. The molecule has 0 aliphatic heterocycles. The molecule has 0 aliphatic rings. The van der Waals surface area contributed by atoms with E-state index in [2.05, 4.69) is 4.98 Å². The number of aryl methyl sites for hydroxylation is 1. The van der Waals surface area contributed by atoms with Crippen LogP contribution in [0.25, 0.3) is 0 Å². The second kappa shape index (κ2) is 7.87. The molecule has 0 saturated carbocycles. The Labute approximate surface area is 153 Å². The van der Waals surface area contributed by atoms with Crippen molar-refractivity contribution < 1.29 is 18.0 Å². The summed E-state index contributed by atoms with van der Waals surface area (Å²) in [5.74, 6) is -1.74. The number of aromatic nitrogens is 1. The largest absolute Gasteiger partial charge is 0.391 e. The van der Waals surface area contributed by atoms with Crippen molar-refractivity contribution in [1.29, 1.82) is 5.26 Å². The van der Waals surface area contributed by atoms with Crippen LogP contribution in [0.15, 0.2) is 24.3 Å². The van der Waals surface area contributed by atoms with Gasteiger partial charge < -0.3 is 0 Å². The van der Waals surface area contributed by atoms with Crippen LogP contribution < -0.4 is 4.90 Å². The van der Waals surface area contributed by atoms with Crippen molar-refractivity contribution in [3.05, 3.63) is 46.1 Å². The highest BCUT2D eigenvalue weighted by Gasteiger charge is 2.36. The maximum atomic E-state index is 12.8. The van der Waals surface area contributed by atoms with E-state index < -0.39 is 12.1 Å². The highest BCUT2D eigenvalue weighted by Crippen LogP contribution is 2.34. The SMILES string of the molecule is CC(=O)N(Cc1cccc(C#N)c1)c1sc(CC(C)C(F)(F)F)nc1C. The van der Waals surface area contributed by atoms with Crippen LogP contribution in [0.1, 0.15) is 35.7 Å². The number of hydrogen-bond acceptors (Lipinski definition) is 4. The van der Waals surface area contributed by atoms with E-state index in [-0.39, 0.29) is 18.9 Å². The Kier molecular flexibility index (Phi) is 6.03. The van der Waals surface area contributed by atoms with Gasteiger partial charge in [0.25, 0.3) is 0 Å². The first-order valence-corrected chi connectivity index (χ1v) is 8.73. The number of rotatable bonds is 5. The van der Waals surface area contributed by atoms with E-state index in [1.165, 1.54) is 11.8 Å². The number of carbonyl (C=O) groups excluding carboxylic acids is 1. The topological polar surface area (TPSA) is 57.0 Å². The minimum atomic E-state index is -4.28. The molecule has 138 valence electrons. The highest BCUT2D eigenvalue weighted by atomic mass is 32.1. The summed E-state index contributed by atoms with van der Waals surface area (Å²) in [6.07, 6.45) is -4.50. The van der Waals surface area contributed by atoms with Gasteiger partial charge in [0.1, 0.15) is 5.00 Å². The van der Waals surface area contributed by atoms with Gasteiger partial charge in [0.2, 0.25) is 5.91 Å². The van der Waals surface area contributed by atoms with Gasteiger partial charge in [0, 0.05) is 13.3 Å². The van der Waals surface area contributed by atoms with Gasteiger partial charge in [-0.2, -0.15) is 18.4 Å². The number of benzene rings is 1. The molecule has 0 bridgehead atoms. The minimum Gasteiger partial charge on any atom is -0.298 e. The molecule has 1 amide bonds. The molecule has 0 radical (unpaired) electrons. The fourth-order valence-corrected chi connectivity index (χ4v) is 3.64. The molecule has 0 N–H and O–H groups in total. The molecule has 1 aromatic heterocycles. The van der Waals surface area contributed by atoms with Crippen molar-refractivity contribution in [2.45, 2.75) is 39.9 Å². The molecule has 0 fully saturated rings. The summed E-state index contributed by atoms with van der Waals surface area (Å²) in [7, 11) is 0. The standard InChI is InChI=1S/C18H18F3N3OS/c1-11(18(19,20)21)7-16-23-12(2)17(26-16)24(13(3)25)10-15-6-4-5-14(8-15)9-22/h4-6,8,11H,7,10H2,1-3H3. The molecule has 8 heteroatoms. The van der Waals surface area contributed by atoms with Gasteiger partial charge >= 0.3 is 6.18 Å². The van der Waals surface area contributed by atoms with Crippen LogP contribution in [-0.4, -0.2) is 17.1 Å². The fraction of sp³-hybridized carbons (Fsp3) is 0.389. The number of nitriles is 1. The number of halogens is 3. The number of hydrogen-bond donors (Lipinski definition) is 0. The first kappa shape index (κ1) is 19.9. The van der Waals surface area contributed by atoms with E-state index in [9.17, 15) is 18.0 Å². The molecular weight excluding hydrogens is 363 g/mol. The zero-order valence-electron chi connectivity index (χ0n) is 14.6. The lowest BCUT2D eigenvalue weighted by Gasteiger charge is -2.20. The highest BCUT2D eigenvalue weighted by molar-refractivity contribution is 7.16. The summed E-state index contributed by atoms with van der Waals surface area (Å²) >= 11 is 1.10. The second-order valence-electron chi connectivity index (χ2n) is 6.06. The molecule has 0 saturated heterocycles. The lowest BCUT2D eigenvalue weighted by molar-refractivity contribution is -0.169. The monoisotopic (exact) mass is 381 g/mol. The Bertz CT molecular complexity index is 839. The van der Waals surface area contributed by atoms with E-state index in [4.69, 9.17) is 5.26 Å². The predicted molar refractivity (Wildman–Crippen MR) is 93.8 cm³/mol. The van der Waals surface area contributed by atoms with Gasteiger partial charge in [0.15, 0.2) is 0 Å². The van der Waals surface area contributed by atoms with E-state index in [1.54, 1.807) is 31.2 Å². The molecule has 1 heterocycles. The number of anilines is 1. The van der Waals surface area contributed by atoms with Crippen molar-refractivity contribution in [3.8, 4) is 6.07 Å². The van der Waals surface area contributed by atoms with Crippen molar-refractivity contribution in [1.82, 2.24) is 4.98 Å². The number of amides is 1. The summed E-state index contributed by atoms with van der Waals surface area (Å²) in [5, 5.41) is 9.87. The molecular formula is C18H18F3N3OS. The van der Waals surface area contributed by atoms with E-state index in [0.717, 1.165) is 23.8 Å².